The molecule has 4 rings (SSSR count). The summed E-state index contributed by atoms with van der Waals surface area (Å²) in [6.45, 7) is 3.15. The molecule has 0 aromatic heterocycles. The lowest BCUT2D eigenvalue weighted by Crippen LogP contribution is -2.49. The van der Waals surface area contributed by atoms with Gasteiger partial charge < -0.3 is 16.0 Å². The third-order valence-corrected chi connectivity index (χ3v) is 8.72. The van der Waals surface area contributed by atoms with Crippen molar-refractivity contribution in [1.82, 2.24) is 32.1 Å². The number of hydrogen-bond donors (Lipinski definition) is 6. The van der Waals surface area contributed by atoms with Crippen molar-refractivity contribution in [2.45, 2.75) is 82.3 Å². The Hall–Kier alpha value is -1.33. The highest BCUT2D eigenvalue weighted by atomic mass is 32.3. The van der Waals surface area contributed by atoms with E-state index in [9.17, 15) is 17.1 Å². The van der Waals surface area contributed by atoms with Crippen molar-refractivity contribution in [1.29, 1.82) is 0 Å². The highest BCUT2D eigenvalue weighted by Gasteiger charge is 2.36. The zero-order chi connectivity index (χ0) is 25.5. The quantitative estimate of drug-likeness (QED) is 0.184. The average molecular weight is 529 g/mol. The van der Waals surface area contributed by atoms with Gasteiger partial charge in [0.05, 0.1) is 18.4 Å². The van der Waals surface area contributed by atoms with Crippen molar-refractivity contribution in [3.05, 3.63) is 0 Å². The highest BCUT2D eigenvalue weighted by Crippen LogP contribution is 2.32. The molecule has 0 radical (unpaired) electrons. The molecule has 10 nitrogen and oxygen atoms in total. The second-order valence-corrected chi connectivity index (χ2v) is 11.7. The number of carbonyl (C=O) groups is 1. The molecular formula is C24H41FN6O4S. The minimum atomic E-state index is -5.09. The summed E-state index contributed by atoms with van der Waals surface area (Å²) in [7, 11) is -5.09. The number of rotatable bonds is 9. The molecule has 7 atom stereocenters. The van der Waals surface area contributed by atoms with Crippen molar-refractivity contribution in [2.24, 2.45) is 23.7 Å². The third kappa shape index (κ3) is 8.08. The molecule has 204 valence electrons. The number of hydrazine groups is 1. The molecular weight excluding hydrogens is 487 g/mol. The Bertz CT molecular complexity index is 880. The van der Waals surface area contributed by atoms with E-state index in [2.05, 4.69) is 42.2 Å². The lowest BCUT2D eigenvalue weighted by Gasteiger charge is -2.34. The molecule has 4 aliphatic rings. The first-order valence-electron chi connectivity index (χ1n) is 13.4. The molecule has 0 spiro atoms. The number of carbonyl (C=O) groups excluding carboxylic acids is 1. The lowest BCUT2D eigenvalue weighted by molar-refractivity contribution is -0.126. The maximum absolute atomic E-state index is 13.2. The number of terminal acetylenes is 1. The fourth-order valence-electron chi connectivity index (χ4n) is 6.15. The topological polar surface area (TPSA) is 133 Å². The minimum absolute atomic E-state index is 0.0350. The molecule has 0 aromatic carbocycles. The highest BCUT2D eigenvalue weighted by molar-refractivity contribution is 7.81. The Morgan fingerprint density at radius 2 is 1.86 bits per heavy atom. The largest absolute Gasteiger partial charge is 0.437 e. The van der Waals surface area contributed by atoms with Crippen LogP contribution in [0.3, 0.4) is 0 Å². The van der Waals surface area contributed by atoms with Crippen molar-refractivity contribution >= 4 is 16.4 Å². The van der Waals surface area contributed by atoms with Crippen molar-refractivity contribution in [2.75, 3.05) is 26.2 Å². The van der Waals surface area contributed by atoms with Gasteiger partial charge in [0, 0.05) is 36.9 Å². The van der Waals surface area contributed by atoms with E-state index in [1.54, 1.807) is 0 Å². The van der Waals surface area contributed by atoms with Crippen molar-refractivity contribution in [3.8, 4) is 12.3 Å². The Kier molecular flexibility index (Phi) is 9.97. The predicted molar refractivity (Wildman–Crippen MR) is 134 cm³/mol. The summed E-state index contributed by atoms with van der Waals surface area (Å²) in [4.78, 5) is 12.9. The molecule has 2 saturated heterocycles. The standard InChI is InChI=1S/C24H41FN6O4S/c1-2-16-6-7-19(21(12-16)35-36(25,33)34)14-28-24(32)18-4-3-5-20(13-18)27-15-22-29-23(31-30-22)17-8-10-26-11-9-17/h1,16-23,26-27,29-31H,3-15H2,(H,28,32). The van der Waals surface area contributed by atoms with Gasteiger partial charge in [-0.05, 0) is 70.4 Å². The minimum Gasteiger partial charge on any atom is -0.355 e. The number of piperidine rings is 1. The van der Waals surface area contributed by atoms with E-state index >= 15 is 0 Å². The number of halogens is 1. The average Bonchev–Trinajstić information content (AvgIpc) is 3.35. The van der Waals surface area contributed by atoms with Crippen LogP contribution in [-0.4, -0.2) is 65.0 Å². The maximum Gasteiger partial charge on any atom is 0.437 e. The monoisotopic (exact) mass is 528 g/mol. The molecule has 7 unspecified atom stereocenters. The molecule has 12 heteroatoms. The van der Waals surface area contributed by atoms with E-state index < -0.39 is 16.6 Å². The van der Waals surface area contributed by atoms with E-state index in [1.165, 1.54) is 0 Å². The van der Waals surface area contributed by atoms with Gasteiger partial charge in [-0.15, -0.1) is 12.3 Å². The Morgan fingerprint density at radius 3 is 2.61 bits per heavy atom. The first kappa shape index (κ1) is 27.7. The third-order valence-electron chi connectivity index (χ3n) is 8.25. The van der Waals surface area contributed by atoms with Gasteiger partial charge in [-0.1, -0.05) is 10.3 Å². The molecule has 6 N–H and O–H groups in total. The molecule has 4 fully saturated rings. The predicted octanol–water partition coefficient (Wildman–Crippen LogP) is 0.249. The van der Waals surface area contributed by atoms with Crippen LogP contribution in [0.15, 0.2) is 0 Å². The van der Waals surface area contributed by atoms with Gasteiger partial charge in [0.1, 0.15) is 0 Å². The van der Waals surface area contributed by atoms with Crippen LogP contribution in [0.25, 0.3) is 0 Å². The fraction of sp³-hybridized carbons (Fsp3) is 0.875. The van der Waals surface area contributed by atoms with Crippen LogP contribution in [0.5, 0.6) is 0 Å². The summed E-state index contributed by atoms with van der Waals surface area (Å²) in [5.74, 6) is 2.64. The van der Waals surface area contributed by atoms with Gasteiger partial charge >= 0.3 is 10.5 Å². The summed E-state index contributed by atoms with van der Waals surface area (Å²) in [5, 5.41) is 13.6. The zero-order valence-corrected chi connectivity index (χ0v) is 21.6. The van der Waals surface area contributed by atoms with Gasteiger partial charge in [0.15, 0.2) is 0 Å². The summed E-state index contributed by atoms with van der Waals surface area (Å²) in [6, 6.07) is 0.259. The first-order valence-corrected chi connectivity index (χ1v) is 14.7. The van der Waals surface area contributed by atoms with E-state index in [0.717, 1.165) is 58.2 Å². The van der Waals surface area contributed by atoms with Crippen molar-refractivity contribution < 1.29 is 21.3 Å². The van der Waals surface area contributed by atoms with Crippen LogP contribution in [0.2, 0.25) is 0 Å². The molecule has 2 saturated carbocycles. The molecule has 2 aliphatic heterocycles. The molecule has 1 amide bonds. The van der Waals surface area contributed by atoms with Gasteiger partial charge in [-0.3, -0.25) is 10.1 Å². The molecule has 0 aromatic rings. The van der Waals surface area contributed by atoms with Crippen LogP contribution >= 0.6 is 0 Å². The van der Waals surface area contributed by atoms with E-state index in [4.69, 9.17) is 6.42 Å². The second kappa shape index (κ2) is 13.0. The number of amides is 1. The van der Waals surface area contributed by atoms with Gasteiger partial charge in [-0.2, -0.15) is 8.42 Å². The van der Waals surface area contributed by atoms with E-state index in [-0.39, 0.29) is 55.0 Å². The maximum atomic E-state index is 13.2. The first-order chi connectivity index (χ1) is 17.3. The van der Waals surface area contributed by atoms with Crippen LogP contribution in [0, 0.1) is 36.0 Å². The second-order valence-electron chi connectivity index (χ2n) is 10.8. The van der Waals surface area contributed by atoms with Gasteiger partial charge in [0.2, 0.25) is 5.91 Å². The number of nitrogens with one attached hydrogen (secondary N) is 6. The van der Waals surface area contributed by atoms with Crippen LogP contribution in [0.1, 0.15) is 57.8 Å². The summed E-state index contributed by atoms with van der Waals surface area (Å²) in [5.41, 5.74) is 6.73. The summed E-state index contributed by atoms with van der Waals surface area (Å²) < 4.78 is 40.0. The normalized spacial score (nSPS) is 36.3. The van der Waals surface area contributed by atoms with E-state index in [1.807, 2.05) is 0 Å². The van der Waals surface area contributed by atoms with Gasteiger partial charge in [-0.25, -0.2) is 15.0 Å². The van der Waals surface area contributed by atoms with Crippen LogP contribution in [0.4, 0.5) is 3.89 Å². The summed E-state index contributed by atoms with van der Waals surface area (Å²) >= 11 is 0. The Balaban J connectivity index is 1.19. The van der Waals surface area contributed by atoms with E-state index in [0.29, 0.717) is 18.8 Å². The Morgan fingerprint density at radius 1 is 1.06 bits per heavy atom. The zero-order valence-electron chi connectivity index (χ0n) is 20.8. The van der Waals surface area contributed by atoms with Crippen LogP contribution < -0.4 is 32.1 Å². The summed E-state index contributed by atoms with van der Waals surface area (Å²) in [6.07, 6.45) is 12.5. The smallest absolute Gasteiger partial charge is 0.355 e. The number of hydrogen-bond acceptors (Lipinski definition) is 9. The molecule has 2 aliphatic carbocycles. The SMILES string of the molecule is C#CC1CCC(CNC(=O)C2CCCC(NCC3NNC(C4CCNCC4)N3)C2)C(OS(=O)(=O)F)C1. The molecule has 0 bridgehead atoms. The van der Waals surface area contributed by atoms with Crippen LogP contribution in [-0.2, 0) is 19.5 Å². The van der Waals surface area contributed by atoms with Crippen molar-refractivity contribution in [3.63, 3.8) is 0 Å². The van der Waals surface area contributed by atoms with Gasteiger partial charge in [0.25, 0.3) is 0 Å². The lowest BCUT2D eigenvalue weighted by atomic mass is 9.80. The molecule has 36 heavy (non-hydrogen) atoms. The fourth-order valence-corrected chi connectivity index (χ4v) is 6.68. The Labute approximate surface area is 214 Å². The molecule has 2 heterocycles.